The first-order valence-electron chi connectivity index (χ1n) is 7.12. The van der Waals surface area contributed by atoms with Crippen molar-refractivity contribution >= 4 is 0 Å². The lowest BCUT2D eigenvalue weighted by Gasteiger charge is -2.24. The summed E-state index contributed by atoms with van der Waals surface area (Å²) < 4.78 is 10.9. The van der Waals surface area contributed by atoms with Crippen molar-refractivity contribution in [3.63, 3.8) is 0 Å². The molecular weight excluding hydrogens is 252 g/mol. The van der Waals surface area contributed by atoms with Gasteiger partial charge in [0.2, 0.25) is 0 Å². The van der Waals surface area contributed by atoms with Crippen LogP contribution in [0.4, 0.5) is 0 Å². The fourth-order valence-electron chi connectivity index (χ4n) is 2.25. The lowest BCUT2D eigenvalue weighted by molar-refractivity contribution is 0.243. The largest absolute Gasteiger partial charge is 0.469 e. The predicted octanol–water partition coefficient (Wildman–Crippen LogP) is 3.09. The number of nitrogens with one attached hydrogen (secondary N) is 1. The maximum Gasteiger partial charge on any atom is 0.122 e. The quantitative estimate of drug-likeness (QED) is 0.804. The Hall–Kier alpha value is -1.52. The first-order valence-corrected chi connectivity index (χ1v) is 7.12. The van der Waals surface area contributed by atoms with Gasteiger partial charge in [0.1, 0.15) is 11.5 Å². The minimum absolute atomic E-state index is 0.260. The average molecular weight is 276 g/mol. The number of hydrogen-bond donors (Lipinski definition) is 1. The second kappa shape index (κ2) is 7.31. The molecule has 0 amide bonds. The number of aryl methyl sites for hydroxylation is 1. The zero-order valence-electron chi connectivity index (χ0n) is 12.5. The SMILES string of the molecule is CC(CCc1ccco1)NCC(c1ccco1)N(C)C. The van der Waals surface area contributed by atoms with Gasteiger partial charge in [-0.1, -0.05) is 0 Å². The molecule has 0 radical (unpaired) electrons. The van der Waals surface area contributed by atoms with Crippen LogP contribution in [-0.2, 0) is 6.42 Å². The third kappa shape index (κ3) is 4.25. The molecule has 0 spiro atoms. The first-order chi connectivity index (χ1) is 9.66. The van der Waals surface area contributed by atoms with Crippen molar-refractivity contribution in [3.8, 4) is 0 Å². The summed E-state index contributed by atoms with van der Waals surface area (Å²) in [7, 11) is 4.14. The molecule has 0 aromatic carbocycles. The monoisotopic (exact) mass is 276 g/mol. The molecule has 0 saturated heterocycles. The van der Waals surface area contributed by atoms with Crippen LogP contribution in [0.1, 0.15) is 30.9 Å². The second-order valence-electron chi connectivity index (χ2n) is 5.42. The Morgan fingerprint density at radius 1 is 1.15 bits per heavy atom. The Bertz CT molecular complexity index is 463. The van der Waals surface area contributed by atoms with Crippen molar-refractivity contribution in [2.24, 2.45) is 0 Å². The molecule has 4 heteroatoms. The normalized spacial score (nSPS) is 14.6. The van der Waals surface area contributed by atoms with Crippen molar-refractivity contribution in [2.75, 3.05) is 20.6 Å². The molecule has 2 aromatic rings. The van der Waals surface area contributed by atoms with E-state index in [9.17, 15) is 0 Å². The highest BCUT2D eigenvalue weighted by atomic mass is 16.3. The fourth-order valence-corrected chi connectivity index (χ4v) is 2.25. The predicted molar refractivity (Wildman–Crippen MR) is 79.6 cm³/mol. The van der Waals surface area contributed by atoms with Crippen LogP contribution in [0.5, 0.6) is 0 Å². The van der Waals surface area contributed by atoms with Gasteiger partial charge < -0.3 is 14.2 Å². The molecule has 0 bridgehead atoms. The highest BCUT2D eigenvalue weighted by molar-refractivity contribution is 5.05. The summed E-state index contributed by atoms with van der Waals surface area (Å²) in [5, 5.41) is 3.57. The Balaban J connectivity index is 1.77. The summed E-state index contributed by atoms with van der Waals surface area (Å²) in [4.78, 5) is 2.17. The van der Waals surface area contributed by atoms with Crippen molar-refractivity contribution < 1.29 is 8.83 Å². The molecule has 110 valence electrons. The number of hydrogen-bond acceptors (Lipinski definition) is 4. The molecule has 0 aliphatic rings. The molecule has 2 rings (SSSR count). The lowest BCUT2D eigenvalue weighted by Crippen LogP contribution is -2.35. The molecule has 1 N–H and O–H groups in total. The first kappa shape index (κ1) is 14.9. The van der Waals surface area contributed by atoms with Gasteiger partial charge in [0.15, 0.2) is 0 Å². The molecule has 0 aliphatic heterocycles. The molecule has 2 atom stereocenters. The minimum Gasteiger partial charge on any atom is -0.469 e. The molecule has 4 nitrogen and oxygen atoms in total. The summed E-state index contributed by atoms with van der Waals surface area (Å²) in [6.45, 7) is 3.08. The Kier molecular flexibility index (Phi) is 5.44. The van der Waals surface area contributed by atoms with Gasteiger partial charge in [0, 0.05) is 19.0 Å². The molecule has 0 aliphatic carbocycles. The molecule has 20 heavy (non-hydrogen) atoms. The third-order valence-corrected chi connectivity index (χ3v) is 3.56. The van der Waals surface area contributed by atoms with Crippen molar-refractivity contribution in [3.05, 3.63) is 48.3 Å². The lowest BCUT2D eigenvalue weighted by atomic mass is 10.1. The standard InChI is InChI=1S/C16H24N2O2/c1-13(8-9-14-6-4-10-19-14)17-12-15(18(2)3)16-7-5-11-20-16/h4-7,10-11,13,15,17H,8-9,12H2,1-3H3. The smallest absolute Gasteiger partial charge is 0.122 e. The van der Waals surface area contributed by atoms with Crippen LogP contribution in [0.3, 0.4) is 0 Å². The highest BCUT2D eigenvalue weighted by Crippen LogP contribution is 2.18. The average Bonchev–Trinajstić information content (AvgIpc) is 3.09. The van der Waals surface area contributed by atoms with Crippen LogP contribution < -0.4 is 5.32 Å². The molecule has 2 heterocycles. The number of likely N-dealkylation sites (N-methyl/N-ethyl adjacent to an activating group) is 1. The summed E-state index contributed by atoms with van der Waals surface area (Å²) in [5.41, 5.74) is 0. The van der Waals surface area contributed by atoms with Gasteiger partial charge in [-0.25, -0.2) is 0 Å². The summed E-state index contributed by atoms with van der Waals surface area (Å²) in [6.07, 6.45) is 5.49. The Morgan fingerprint density at radius 2 is 1.90 bits per heavy atom. The van der Waals surface area contributed by atoms with Gasteiger partial charge in [-0.15, -0.1) is 0 Å². The van der Waals surface area contributed by atoms with Crippen molar-refractivity contribution in [1.82, 2.24) is 10.2 Å². The zero-order valence-corrected chi connectivity index (χ0v) is 12.5. The van der Waals surface area contributed by atoms with Gasteiger partial charge in [-0.2, -0.15) is 0 Å². The van der Waals surface area contributed by atoms with Crippen molar-refractivity contribution in [2.45, 2.75) is 31.8 Å². The van der Waals surface area contributed by atoms with Gasteiger partial charge in [0.25, 0.3) is 0 Å². The van der Waals surface area contributed by atoms with E-state index in [0.29, 0.717) is 6.04 Å². The van der Waals surface area contributed by atoms with Crippen LogP contribution in [0, 0.1) is 0 Å². The second-order valence-corrected chi connectivity index (χ2v) is 5.42. The van der Waals surface area contributed by atoms with E-state index >= 15 is 0 Å². The van der Waals surface area contributed by atoms with Gasteiger partial charge in [-0.3, -0.25) is 4.90 Å². The maximum absolute atomic E-state index is 5.51. The van der Waals surface area contributed by atoms with E-state index in [1.807, 2.05) is 24.3 Å². The van der Waals surface area contributed by atoms with Crippen LogP contribution >= 0.6 is 0 Å². The van der Waals surface area contributed by atoms with Gasteiger partial charge >= 0.3 is 0 Å². The van der Waals surface area contributed by atoms with E-state index in [-0.39, 0.29) is 6.04 Å². The molecule has 2 unspecified atom stereocenters. The van der Waals surface area contributed by atoms with E-state index in [1.54, 1.807) is 12.5 Å². The zero-order chi connectivity index (χ0) is 14.4. The van der Waals surface area contributed by atoms with E-state index < -0.39 is 0 Å². The van der Waals surface area contributed by atoms with Crippen molar-refractivity contribution in [1.29, 1.82) is 0 Å². The van der Waals surface area contributed by atoms with Crippen LogP contribution in [0.15, 0.2) is 45.6 Å². The fraction of sp³-hybridized carbons (Fsp3) is 0.500. The molecule has 2 aromatic heterocycles. The summed E-state index contributed by atoms with van der Waals surface area (Å²) >= 11 is 0. The molecular formula is C16H24N2O2. The molecule has 0 saturated carbocycles. The van der Waals surface area contributed by atoms with Crippen LogP contribution in [0.2, 0.25) is 0 Å². The topological polar surface area (TPSA) is 41.6 Å². The molecule has 0 fully saturated rings. The van der Waals surface area contributed by atoms with E-state index in [2.05, 4.69) is 31.2 Å². The number of nitrogens with zero attached hydrogens (tertiary/aromatic N) is 1. The summed E-state index contributed by atoms with van der Waals surface area (Å²) in [6, 6.07) is 8.63. The third-order valence-electron chi connectivity index (χ3n) is 3.56. The van der Waals surface area contributed by atoms with Crippen LogP contribution in [0.25, 0.3) is 0 Å². The van der Waals surface area contributed by atoms with Gasteiger partial charge in [-0.05, 0) is 51.7 Å². The number of furan rings is 2. The van der Waals surface area contributed by atoms with E-state index in [4.69, 9.17) is 8.83 Å². The van der Waals surface area contributed by atoms with E-state index in [1.165, 1.54) is 0 Å². The Morgan fingerprint density at radius 3 is 2.50 bits per heavy atom. The Labute approximate surface area is 120 Å². The van der Waals surface area contributed by atoms with Crippen LogP contribution in [-0.4, -0.2) is 31.6 Å². The maximum atomic E-state index is 5.51. The van der Waals surface area contributed by atoms with E-state index in [0.717, 1.165) is 30.9 Å². The highest BCUT2D eigenvalue weighted by Gasteiger charge is 2.17. The minimum atomic E-state index is 0.260. The van der Waals surface area contributed by atoms with Gasteiger partial charge in [0.05, 0.1) is 18.6 Å². The summed E-state index contributed by atoms with van der Waals surface area (Å²) in [5.74, 6) is 2.05. The number of rotatable bonds is 8.